The van der Waals surface area contributed by atoms with Gasteiger partial charge in [-0.2, -0.15) is 5.10 Å². The average Bonchev–Trinajstić information content (AvgIpc) is 3.49. The van der Waals surface area contributed by atoms with E-state index in [0.29, 0.717) is 59.6 Å². The third-order valence-electron chi connectivity index (χ3n) is 5.47. The first-order chi connectivity index (χ1) is 15.6. The van der Waals surface area contributed by atoms with Gasteiger partial charge in [0, 0.05) is 50.2 Å². The zero-order valence-electron chi connectivity index (χ0n) is 17.3. The number of halogens is 1. The first-order valence-corrected chi connectivity index (χ1v) is 10.6. The molecule has 3 aromatic heterocycles. The molecule has 1 saturated heterocycles. The Kier molecular flexibility index (Phi) is 5.32. The number of carbonyl (C=O) groups excluding carboxylic acids is 1. The number of aromatic nitrogens is 5. The largest absolute Gasteiger partial charge is 0.360 e. The molecule has 0 bridgehead atoms. The molecule has 0 N–H and O–H groups in total. The molecule has 4 heterocycles. The van der Waals surface area contributed by atoms with Gasteiger partial charge in [-0.1, -0.05) is 35.0 Å². The summed E-state index contributed by atoms with van der Waals surface area (Å²) >= 11 is 6.34. The van der Waals surface area contributed by atoms with E-state index in [2.05, 4.69) is 25.1 Å². The highest BCUT2D eigenvalue weighted by molar-refractivity contribution is 6.33. The van der Waals surface area contributed by atoms with Crippen molar-refractivity contribution in [3.05, 3.63) is 71.5 Å². The number of aryl methyl sites for hydroxylation is 1. The van der Waals surface area contributed by atoms with Crippen molar-refractivity contribution in [2.45, 2.75) is 6.92 Å². The average molecular weight is 450 g/mol. The molecule has 1 aliphatic rings. The zero-order valence-corrected chi connectivity index (χ0v) is 18.1. The molecular weight excluding hydrogens is 430 g/mol. The van der Waals surface area contributed by atoms with Crippen molar-refractivity contribution in [2.75, 3.05) is 31.1 Å². The van der Waals surface area contributed by atoms with E-state index >= 15 is 0 Å². The molecule has 32 heavy (non-hydrogen) atoms. The summed E-state index contributed by atoms with van der Waals surface area (Å²) in [4.78, 5) is 26.0. The lowest BCUT2D eigenvalue weighted by molar-refractivity contribution is 0.0745. The highest BCUT2D eigenvalue weighted by atomic mass is 35.5. The molecule has 1 amide bonds. The molecule has 10 heteroatoms. The summed E-state index contributed by atoms with van der Waals surface area (Å²) in [5, 5.41) is 8.86. The van der Waals surface area contributed by atoms with Crippen LogP contribution in [0.25, 0.3) is 17.1 Å². The fourth-order valence-electron chi connectivity index (χ4n) is 3.80. The van der Waals surface area contributed by atoms with E-state index in [1.165, 1.54) is 6.33 Å². The highest BCUT2D eigenvalue weighted by Crippen LogP contribution is 2.32. The van der Waals surface area contributed by atoms with Crippen molar-refractivity contribution < 1.29 is 9.32 Å². The van der Waals surface area contributed by atoms with Gasteiger partial charge in [-0.05, 0) is 19.1 Å². The Morgan fingerprint density at radius 2 is 1.84 bits per heavy atom. The Bertz CT molecular complexity index is 1250. The van der Waals surface area contributed by atoms with Crippen molar-refractivity contribution in [1.82, 2.24) is 29.8 Å². The summed E-state index contributed by atoms with van der Waals surface area (Å²) in [5.74, 6) is 1.86. The SMILES string of the molecule is Cc1onc(-c2ccccc2Cl)c1C(=O)N1CCN(c2cc(-n3cccn3)ncn2)CC1. The molecule has 0 unspecified atom stereocenters. The maximum atomic E-state index is 13.4. The van der Waals surface area contributed by atoms with Crippen LogP contribution >= 0.6 is 11.6 Å². The molecule has 0 atom stereocenters. The Labute approximate surface area is 189 Å². The molecule has 1 aromatic carbocycles. The molecule has 0 saturated carbocycles. The van der Waals surface area contributed by atoms with E-state index in [-0.39, 0.29) is 5.91 Å². The third-order valence-corrected chi connectivity index (χ3v) is 5.80. The predicted molar refractivity (Wildman–Crippen MR) is 119 cm³/mol. The van der Waals surface area contributed by atoms with Crippen LogP contribution in [0, 0.1) is 6.92 Å². The van der Waals surface area contributed by atoms with E-state index in [4.69, 9.17) is 16.1 Å². The molecule has 162 valence electrons. The molecule has 1 aliphatic heterocycles. The van der Waals surface area contributed by atoms with Gasteiger partial charge in [0.15, 0.2) is 5.82 Å². The lowest BCUT2D eigenvalue weighted by Gasteiger charge is -2.35. The summed E-state index contributed by atoms with van der Waals surface area (Å²) in [7, 11) is 0. The van der Waals surface area contributed by atoms with Crippen molar-refractivity contribution in [3.8, 4) is 17.1 Å². The fraction of sp³-hybridized carbons (Fsp3) is 0.227. The molecule has 4 aromatic rings. The number of carbonyl (C=O) groups is 1. The molecule has 9 nitrogen and oxygen atoms in total. The van der Waals surface area contributed by atoms with Gasteiger partial charge in [0.05, 0.1) is 5.02 Å². The van der Waals surface area contributed by atoms with Gasteiger partial charge >= 0.3 is 0 Å². The van der Waals surface area contributed by atoms with Crippen molar-refractivity contribution in [3.63, 3.8) is 0 Å². The first kappa shape index (κ1) is 20.2. The Morgan fingerprint density at radius 1 is 1.06 bits per heavy atom. The second-order valence-corrected chi connectivity index (χ2v) is 7.81. The number of rotatable bonds is 4. The van der Waals surface area contributed by atoms with Gasteiger partial charge in [-0.25, -0.2) is 14.6 Å². The normalized spacial score (nSPS) is 14.1. The second-order valence-electron chi connectivity index (χ2n) is 7.41. The number of anilines is 1. The highest BCUT2D eigenvalue weighted by Gasteiger charge is 2.29. The van der Waals surface area contributed by atoms with Crippen LogP contribution in [0.1, 0.15) is 16.1 Å². The number of benzene rings is 1. The van der Waals surface area contributed by atoms with Crippen LogP contribution in [-0.4, -0.2) is 61.9 Å². The van der Waals surface area contributed by atoms with E-state index in [9.17, 15) is 4.79 Å². The third kappa shape index (κ3) is 3.71. The molecule has 0 spiro atoms. The molecule has 5 rings (SSSR count). The zero-order chi connectivity index (χ0) is 22.1. The van der Waals surface area contributed by atoms with Crippen LogP contribution < -0.4 is 4.90 Å². The van der Waals surface area contributed by atoms with E-state index in [0.717, 1.165) is 5.82 Å². The molecule has 0 aliphatic carbocycles. The van der Waals surface area contributed by atoms with Gasteiger partial charge in [-0.3, -0.25) is 4.79 Å². The summed E-state index contributed by atoms with van der Waals surface area (Å²) in [6.07, 6.45) is 5.07. The minimum absolute atomic E-state index is 0.113. The molecule has 1 fully saturated rings. The van der Waals surface area contributed by atoms with E-state index < -0.39 is 0 Å². The monoisotopic (exact) mass is 449 g/mol. The van der Waals surface area contributed by atoms with Gasteiger partial charge in [-0.15, -0.1) is 0 Å². The number of nitrogens with zero attached hydrogens (tertiary/aromatic N) is 7. The standard InChI is InChI=1S/C22H20ClN7O2/c1-15-20(21(27-32-15)16-5-2-3-6-17(16)23)22(31)29-11-9-28(10-12-29)18-13-19(25-14-24-18)30-8-4-7-26-30/h2-8,13-14H,9-12H2,1H3. The lowest BCUT2D eigenvalue weighted by atomic mass is 10.0. The van der Waals surface area contributed by atoms with Crippen LogP contribution in [0.2, 0.25) is 5.02 Å². The number of hydrogen-bond acceptors (Lipinski definition) is 7. The Morgan fingerprint density at radius 3 is 2.59 bits per heavy atom. The lowest BCUT2D eigenvalue weighted by Crippen LogP contribution is -2.49. The van der Waals surface area contributed by atoms with Gasteiger partial charge in [0.1, 0.15) is 29.2 Å². The van der Waals surface area contributed by atoms with Gasteiger partial charge in [0.25, 0.3) is 5.91 Å². The summed E-state index contributed by atoms with van der Waals surface area (Å²) in [6, 6.07) is 11.0. The minimum atomic E-state index is -0.113. The van der Waals surface area contributed by atoms with Crippen LogP contribution in [0.4, 0.5) is 5.82 Å². The van der Waals surface area contributed by atoms with Crippen LogP contribution in [0.3, 0.4) is 0 Å². The summed E-state index contributed by atoms with van der Waals surface area (Å²) in [6.45, 7) is 4.13. The number of hydrogen-bond donors (Lipinski definition) is 0. The molecular formula is C22H20ClN7O2. The molecule has 0 radical (unpaired) electrons. The number of amides is 1. The van der Waals surface area contributed by atoms with Crippen LogP contribution in [-0.2, 0) is 0 Å². The van der Waals surface area contributed by atoms with Gasteiger partial charge in [0.2, 0.25) is 0 Å². The maximum Gasteiger partial charge on any atom is 0.259 e. The maximum absolute atomic E-state index is 13.4. The second kappa shape index (κ2) is 8.43. The smallest absolute Gasteiger partial charge is 0.259 e. The Hall–Kier alpha value is -3.72. The van der Waals surface area contributed by atoms with Crippen LogP contribution in [0.5, 0.6) is 0 Å². The minimum Gasteiger partial charge on any atom is -0.360 e. The quantitative estimate of drug-likeness (QED) is 0.472. The van der Waals surface area contributed by atoms with E-state index in [1.54, 1.807) is 23.9 Å². The van der Waals surface area contributed by atoms with Crippen molar-refractivity contribution in [2.24, 2.45) is 0 Å². The number of piperazine rings is 1. The van der Waals surface area contributed by atoms with Crippen molar-refractivity contribution in [1.29, 1.82) is 0 Å². The first-order valence-electron chi connectivity index (χ1n) is 10.2. The summed E-state index contributed by atoms with van der Waals surface area (Å²) in [5.41, 5.74) is 1.61. The summed E-state index contributed by atoms with van der Waals surface area (Å²) < 4.78 is 7.05. The van der Waals surface area contributed by atoms with Gasteiger partial charge < -0.3 is 14.3 Å². The van der Waals surface area contributed by atoms with Crippen LogP contribution in [0.15, 0.2) is 59.6 Å². The topological polar surface area (TPSA) is 93.2 Å². The predicted octanol–water partition coefficient (Wildman–Crippen LogP) is 3.24. The van der Waals surface area contributed by atoms with Crippen molar-refractivity contribution >= 4 is 23.3 Å². The Balaban J connectivity index is 1.33. The van der Waals surface area contributed by atoms with E-state index in [1.807, 2.05) is 41.4 Å². The fourth-order valence-corrected chi connectivity index (χ4v) is 4.02.